The maximum atomic E-state index is 14.3. The van der Waals surface area contributed by atoms with Crippen LogP contribution in [0.1, 0.15) is 197 Å². The van der Waals surface area contributed by atoms with E-state index in [2.05, 4.69) is 59.8 Å². The molecule has 0 spiro atoms. The molecule has 1 fully saturated rings. The summed E-state index contributed by atoms with van der Waals surface area (Å²) in [6, 6.07) is -3.61. The Morgan fingerprint density at radius 3 is 1.67 bits per heavy atom. The summed E-state index contributed by atoms with van der Waals surface area (Å²) in [7, 11) is 3.79. The van der Waals surface area contributed by atoms with E-state index in [4.69, 9.17) is 4.42 Å². The van der Waals surface area contributed by atoms with Crippen LogP contribution < -0.4 is 47.9 Å². The molecule has 81 heavy (non-hydrogen) atoms. The third-order valence-electron chi connectivity index (χ3n) is 13.8. The number of likely N-dealkylation sites (tertiary alicyclic amines) is 1. The molecule has 1 aliphatic heterocycles. The standard InChI is InChI=1S/C58H102N12O11/c1-18-19-20-21-22-23-25-40(48(73)65-45-26-24-29-70(45)52(77)44-34-81-39(9)61-44)47(72)62-42(31-36(4)5)50(75)66-57(12,13)54(79)64-41(30-35(2)3)49(74)63-43(32-37(6)7)51(76)67-58(14,15)55(80)68-56(10,11)53(78)59-28-27-46(71)60-38(8)33-69(16)17/h34-38,40-43,45H,18-33H2,1-17H3,(H,59,78)(H,60,71)(H,62,72)(H,63,74)(H,64,79)(H,65,73)(H,66,75)(H,67,76)(H,68,80)/t38-,40-,41-,42-,43-,45-/m0/s1. The smallest absolute Gasteiger partial charge is 0.277 e. The van der Waals surface area contributed by atoms with Crippen molar-refractivity contribution < 1.29 is 52.4 Å². The van der Waals surface area contributed by atoms with Crippen molar-refractivity contribution >= 4 is 59.1 Å². The summed E-state index contributed by atoms with van der Waals surface area (Å²) < 4.78 is 5.25. The topological polar surface area (TPSA) is 311 Å². The van der Waals surface area contributed by atoms with Crippen molar-refractivity contribution in [2.75, 3.05) is 33.7 Å². The van der Waals surface area contributed by atoms with Gasteiger partial charge in [-0.2, -0.15) is 0 Å². The van der Waals surface area contributed by atoms with Gasteiger partial charge in [0.2, 0.25) is 53.2 Å². The summed E-state index contributed by atoms with van der Waals surface area (Å²) in [5, 5.41) is 25.1. The zero-order valence-electron chi connectivity index (χ0n) is 51.9. The van der Waals surface area contributed by atoms with E-state index in [1.165, 1.54) is 52.7 Å². The summed E-state index contributed by atoms with van der Waals surface area (Å²) in [6.07, 6.45) is 7.78. The van der Waals surface area contributed by atoms with Crippen LogP contribution in [0.25, 0.3) is 0 Å². The van der Waals surface area contributed by atoms with E-state index in [0.717, 1.165) is 32.1 Å². The number of oxazole rings is 1. The molecule has 9 N–H and O–H groups in total. The highest BCUT2D eigenvalue weighted by atomic mass is 16.3. The summed E-state index contributed by atoms with van der Waals surface area (Å²) in [5.74, 6) is -7.15. The van der Waals surface area contributed by atoms with Crippen LogP contribution in [0.5, 0.6) is 0 Å². The number of amides is 10. The number of aromatic nitrogens is 1. The first-order chi connectivity index (χ1) is 37.6. The lowest BCUT2D eigenvalue weighted by atomic mass is 9.95. The SMILES string of the molecule is CCCCCCCC[C@@H](C(=O)N[C@@H](CC(C)C)C(=O)NC(C)(C)C(=O)N[C@@H](CC(C)C)C(=O)N[C@@H](CC(C)C)C(=O)NC(C)(C)C(=O)NC(C)(C)C(=O)NCCC(=O)N[C@@H](C)CN(C)C)C(=O)N[C@@H]1CCCN1C(=O)c1coc(C)n1. The summed E-state index contributed by atoms with van der Waals surface area (Å²) >= 11 is 0. The highest BCUT2D eigenvalue weighted by molar-refractivity contribution is 6.03. The number of nitrogens with zero attached hydrogens (tertiary/aromatic N) is 3. The Bertz CT molecular complexity index is 2280. The normalized spacial score (nSPS) is 15.8. The average molecular weight is 1140 g/mol. The summed E-state index contributed by atoms with van der Waals surface area (Å²) in [5.41, 5.74) is -4.58. The van der Waals surface area contributed by atoms with E-state index < -0.39 is 100.0 Å². The Morgan fingerprint density at radius 1 is 0.642 bits per heavy atom. The largest absolute Gasteiger partial charge is 0.448 e. The third kappa shape index (κ3) is 24.9. The Hall–Kier alpha value is -6.13. The number of likely N-dealkylation sites (N-methyl/N-ethyl adjacent to an activating group) is 1. The molecule has 0 aromatic carbocycles. The number of nitrogens with one attached hydrogen (secondary N) is 9. The van der Waals surface area contributed by atoms with Crippen molar-refractivity contribution in [1.29, 1.82) is 0 Å². The number of rotatable bonds is 35. The van der Waals surface area contributed by atoms with Gasteiger partial charge in [0.25, 0.3) is 5.91 Å². The molecule has 1 aromatic rings. The second-order valence-corrected chi connectivity index (χ2v) is 25.1. The summed E-state index contributed by atoms with van der Waals surface area (Å²) in [6.45, 7) is 26.6. The first kappa shape index (κ1) is 71.0. The summed E-state index contributed by atoms with van der Waals surface area (Å²) in [4.78, 5) is 146. The van der Waals surface area contributed by atoms with Gasteiger partial charge in [0.15, 0.2) is 11.6 Å². The molecule has 1 aromatic heterocycles. The molecule has 23 heteroatoms. The van der Waals surface area contributed by atoms with E-state index in [0.29, 0.717) is 38.2 Å². The zero-order chi connectivity index (χ0) is 61.6. The predicted octanol–water partition coefficient (Wildman–Crippen LogP) is 3.88. The molecule has 23 nitrogen and oxygen atoms in total. The van der Waals surface area contributed by atoms with Gasteiger partial charge in [-0.1, -0.05) is 87.0 Å². The minimum absolute atomic E-state index is 0.0262. The minimum atomic E-state index is -1.65. The number of unbranched alkanes of at least 4 members (excludes halogenated alkanes) is 5. The number of carbonyl (C=O) groups excluding carboxylic acids is 10. The van der Waals surface area contributed by atoms with Crippen molar-refractivity contribution in [2.45, 2.75) is 234 Å². The van der Waals surface area contributed by atoms with Crippen LogP contribution in [0.2, 0.25) is 0 Å². The number of aryl methyl sites for hydroxylation is 1. The second kappa shape index (κ2) is 33.1. The number of hydrogen-bond donors (Lipinski definition) is 9. The van der Waals surface area contributed by atoms with Crippen molar-refractivity contribution in [2.24, 2.45) is 23.7 Å². The molecule has 0 bridgehead atoms. The lowest BCUT2D eigenvalue weighted by Gasteiger charge is -2.34. The van der Waals surface area contributed by atoms with Crippen molar-refractivity contribution in [1.82, 2.24) is 62.6 Å². The lowest BCUT2D eigenvalue weighted by molar-refractivity contribution is -0.140. The first-order valence-corrected chi connectivity index (χ1v) is 29.2. The van der Waals surface area contributed by atoms with Crippen molar-refractivity contribution in [3.63, 3.8) is 0 Å². The fourth-order valence-corrected chi connectivity index (χ4v) is 9.39. The molecular formula is C58H102N12O11. The molecule has 1 saturated heterocycles. The van der Waals surface area contributed by atoms with Gasteiger partial charge in [-0.15, -0.1) is 0 Å². The molecule has 6 atom stereocenters. The molecule has 0 aliphatic carbocycles. The fraction of sp³-hybridized carbons (Fsp3) is 0.776. The van der Waals surface area contributed by atoms with E-state index in [1.54, 1.807) is 6.92 Å². The molecule has 460 valence electrons. The van der Waals surface area contributed by atoms with Gasteiger partial charge in [-0.3, -0.25) is 47.9 Å². The molecular weight excluding hydrogens is 1040 g/mol. The Balaban J connectivity index is 2.24. The van der Waals surface area contributed by atoms with Crippen LogP contribution in [0.4, 0.5) is 0 Å². The molecule has 0 saturated carbocycles. The predicted molar refractivity (Wildman–Crippen MR) is 310 cm³/mol. The van der Waals surface area contributed by atoms with Crippen LogP contribution in [-0.4, -0.2) is 155 Å². The van der Waals surface area contributed by atoms with Gasteiger partial charge in [-0.05, 0) is 119 Å². The van der Waals surface area contributed by atoms with Crippen molar-refractivity contribution in [3.8, 4) is 0 Å². The third-order valence-corrected chi connectivity index (χ3v) is 13.8. The zero-order valence-corrected chi connectivity index (χ0v) is 51.9. The first-order valence-electron chi connectivity index (χ1n) is 29.2. The monoisotopic (exact) mass is 1140 g/mol. The highest BCUT2D eigenvalue weighted by Crippen LogP contribution is 2.22. The van der Waals surface area contributed by atoms with Gasteiger partial charge in [0.1, 0.15) is 53.1 Å². The Morgan fingerprint density at radius 2 is 1.15 bits per heavy atom. The van der Waals surface area contributed by atoms with Gasteiger partial charge in [-0.25, -0.2) is 4.98 Å². The van der Waals surface area contributed by atoms with Crippen molar-refractivity contribution in [3.05, 3.63) is 17.8 Å². The molecule has 10 amide bonds. The number of hydrogen-bond acceptors (Lipinski definition) is 13. The van der Waals surface area contributed by atoms with E-state index >= 15 is 0 Å². The second-order valence-electron chi connectivity index (χ2n) is 25.1. The molecule has 0 radical (unpaired) electrons. The lowest BCUT2D eigenvalue weighted by Crippen LogP contribution is -2.65. The van der Waals surface area contributed by atoms with Crippen LogP contribution in [-0.2, 0) is 43.2 Å². The van der Waals surface area contributed by atoms with Gasteiger partial charge in [0, 0.05) is 39.0 Å². The molecule has 1 aliphatic rings. The van der Waals surface area contributed by atoms with Gasteiger partial charge < -0.3 is 62.1 Å². The minimum Gasteiger partial charge on any atom is -0.448 e. The Labute approximate surface area is 482 Å². The maximum Gasteiger partial charge on any atom is 0.277 e. The van der Waals surface area contributed by atoms with E-state index in [9.17, 15) is 47.9 Å². The highest BCUT2D eigenvalue weighted by Gasteiger charge is 2.41. The quantitative estimate of drug-likeness (QED) is 0.0345. The molecule has 0 unspecified atom stereocenters. The van der Waals surface area contributed by atoms with Crippen LogP contribution in [0.3, 0.4) is 0 Å². The van der Waals surface area contributed by atoms with Gasteiger partial charge in [0.05, 0.1) is 0 Å². The Kier molecular flexibility index (Phi) is 29.0. The average Bonchev–Trinajstić information content (AvgIpc) is 4.00. The molecule has 2 rings (SSSR count). The van der Waals surface area contributed by atoms with Crippen LogP contribution in [0, 0.1) is 30.6 Å². The maximum absolute atomic E-state index is 14.3. The fourth-order valence-electron chi connectivity index (χ4n) is 9.39. The van der Waals surface area contributed by atoms with E-state index in [-0.39, 0.29) is 74.0 Å². The number of carbonyl (C=O) groups is 10. The van der Waals surface area contributed by atoms with Crippen LogP contribution >= 0.6 is 0 Å². The van der Waals surface area contributed by atoms with Gasteiger partial charge >= 0.3 is 0 Å². The molecule has 2 heterocycles. The van der Waals surface area contributed by atoms with E-state index in [1.807, 2.05) is 67.5 Å². The van der Waals surface area contributed by atoms with Crippen LogP contribution in [0.15, 0.2) is 10.7 Å².